The maximum absolute atomic E-state index is 4.50. The second-order valence-corrected chi connectivity index (χ2v) is 6.48. The van der Waals surface area contributed by atoms with E-state index in [1.807, 2.05) is 18.2 Å². The van der Waals surface area contributed by atoms with Gasteiger partial charge in [-0.25, -0.2) is 0 Å². The second-order valence-electron chi connectivity index (χ2n) is 6.48. The van der Waals surface area contributed by atoms with Crippen molar-refractivity contribution >= 4 is 22.7 Å². The van der Waals surface area contributed by atoms with Crippen molar-refractivity contribution in [3.05, 3.63) is 77.6 Å². The fourth-order valence-corrected chi connectivity index (χ4v) is 3.11. The van der Waals surface area contributed by atoms with Crippen LogP contribution in [0.5, 0.6) is 0 Å². The van der Waals surface area contributed by atoms with Gasteiger partial charge in [0.05, 0.1) is 6.20 Å². The minimum absolute atomic E-state index is 0.523. The number of H-pyrrole nitrogens is 1. The lowest BCUT2D eigenvalue weighted by molar-refractivity contribution is 0.928. The number of nitrogens with one attached hydrogen (secondary N) is 3. The van der Waals surface area contributed by atoms with Gasteiger partial charge in [-0.2, -0.15) is 10.1 Å². The summed E-state index contributed by atoms with van der Waals surface area (Å²) >= 11 is 0. The topological polar surface area (TPSA) is 78.5 Å². The van der Waals surface area contributed by atoms with E-state index >= 15 is 0 Å². The molecule has 0 aliphatic heterocycles. The maximum Gasteiger partial charge on any atom is 0.244 e. The third-order valence-corrected chi connectivity index (χ3v) is 4.63. The molecule has 0 bridgehead atoms. The predicted molar refractivity (Wildman–Crippen MR) is 109 cm³/mol. The van der Waals surface area contributed by atoms with Crippen LogP contribution in [0.4, 0.5) is 11.8 Å². The van der Waals surface area contributed by atoms with E-state index in [1.165, 1.54) is 27.6 Å². The third-order valence-electron chi connectivity index (χ3n) is 4.63. The summed E-state index contributed by atoms with van der Waals surface area (Å²) in [5, 5.41) is 15.9. The van der Waals surface area contributed by atoms with Crippen LogP contribution in [-0.4, -0.2) is 26.7 Å². The van der Waals surface area contributed by atoms with E-state index in [-0.39, 0.29) is 0 Å². The molecule has 4 rings (SSSR count). The molecule has 2 aromatic carbocycles. The molecule has 0 saturated heterocycles. The van der Waals surface area contributed by atoms with Gasteiger partial charge in [-0.15, -0.1) is 5.10 Å². The van der Waals surface area contributed by atoms with Gasteiger partial charge in [0, 0.05) is 30.2 Å². The summed E-state index contributed by atoms with van der Waals surface area (Å²) in [5.74, 6) is 1.24. The lowest BCUT2D eigenvalue weighted by Crippen LogP contribution is -2.10. The Hall–Kier alpha value is -3.41. The summed E-state index contributed by atoms with van der Waals surface area (Å²) in [4.78, 5) is 7.80. The van der Waals surface area contributed by atoms with Gasteiger partial charge >= 0.3 is 0 Å². The van der Waals surface area contributed by atoms with E-state index in [0.717, 1.165) is 18.8 Å². The molecule has 6 nitrogen and oxygen atoms in total. The van der Waals surface area contributed by atoms with Crippen molar-refractivity contribution in [3.63, 3.8) is 0 Å². The number of aryl methyl sites for hydroxylation is 1. The number of aromatic nitrogens is 4. The Morgan fingerprint density at radius 3 is 2.74 bits per heavy atom. The van der Waals surface area contributed by atoms with Gasteiger partial charge in [0.25, 0.3) is 0 Å². The number of fused-ring (bicyclic) bond motifs is 1. The summed E-state index contributed by atoms with van der Waals surface area (Å²) in [5.41, 5.74) is 4.92. The number of hydrogen-bond donors (Lipinski definition) is 3. The highest BCUT2D eigenvalue weighted by Crippen LogP contribution is 2.18. The Morgan fingerprint density at radius 2 is 1.81 bits per heavy atom. The van der Waals surface area contributed by atoms with Crippen molar-refractivity contribution in [2.45, 2.75) is 19.9 Å². The smallest absolute Gasteiger partial charge is 0.244 e. The Labute approximate surface area is 158 Å². The molecule has 0 spiro atoms. The van der Waals surface area contributed by atoms with Crippen LogP contribution in [0.15, 0.2) is 60.9 Å². The van der Waals surface area contributed by atoms with Crippen LogP contribution in [-0.2, 0) is 13.0 Å². The summed E-state index contributed by atoms with van der Waals surface area (Å²) < 4.78 is 0. The molecule has 0 unspecified atom stereocenters. The molecule has 3 N–H and O–H groups in total. The molecule has 27 heavy (non-hydrogen) atoms. The summed E-state index contributed by atoms with van der Waals surface area (Å²) in [6, 6.07) is 16.6. The quantitative estimate of drug-likeness (QED) is 0.466. The van der Waals surface area contributed by atoms with Crippen molar-refractivity contribution < 1.29 is 0 Å². The standard InChI is InChI=1S/C21H22N6/c1-15-6-2-3-7-16(15)12-24-21-26-20(14-25-27-21)22-11-10-17-13-23-19-9-5-4-8-18(17)19/h2-9,13-14,23H,10-12H2,1H3,(H2,22,24,26,27). The first-order valence-electron chi connectivity index (χ1n) is 9.06. The summed E-state index contributed by atoms with van der Waals surface area (Å²) in [6.07, 6.45) is 4.62. The molecule has 0 aliphatic carbocycles. The van der Waals surface area contributed by atoms with E-state index in [4.69, 9.17) is 0 Å². The van der Waals surface area contributed by atoms with Gasteiger partial charge in [-0.1, -0.05) is 42.5 Å². The first-order valence-corrected chi connectivity index (χ1v) is 9.06. The van der Waals surface area contributed by atoms with Crippen molar-refractivity contribution in [1.82, 2.24) is 20.2 Å². The maximum atomic E-state index is 4.50. The Kier molecular flexibility index (Phi) is 4.96. The number of para-hydroxylation sites is 1. The molecule has 2 aromatic heterocycles. The molecular formula is C21H22N6. The van der Waals surface area contributed by atoms with Crippen LogP contribution in [0.1, 0.15) is 16.7 Å². The van der Waals surface area contributed by atoms with Gasteiger partial charge < -0.3 is 15.6 Å². The van der Waals surface area contributed by atoms with Gasteiger partial charge in [-0.05, 0) is 36.1 Å². The molecule has 0 radical (unpaired) electrons. The second kappa shape index (κ2) is 7.86. The van der Waals surface area contributed by atoms with Crippen molar-refractivity contribution in [2.75, 3.05) is 17.2 Å². The van der Waals surface area contributed by atoms with Crippen LogP contribution < -0.4 is 10.6 Å². The molecule has 4 aromatic rings. The molecule has 0 saturated carbocycles. The highest BCUT2D eigenvalue weighted by Gasteiger charge is 2.04. The molecule has 136 valence electrons. The van der Waals surface area contributed by atoms with Crippen LogP contribution in [0.25, 0.3) is 10.9 Å². The summed E-state index contributed by atoms with van der Waals surface area (Å²) in [7, 11) is 0. The molecule has 0 amide bonds. The van der Waals surface area contributed by atoms with Crippen molar-refractivity contribution in [2.24, 2.45) is 0 Å². The van der Waals surface area contributed by atoms with E-state index in [9.17, 15) is 0 Å². The Morgan fingerprint density at radius 1 is 0.963 bits per heavy atom. The van der Waals surface area contributed by atoms with Crippen molar-refractivity contribution in [1.29, 1.82) is 0 Å². The Balaban J connectivity index is 1.34. The molecule has 0 fully saturated rings. The van der Waals surface area contributed by atoms with E-state index in [2.05, 4.69) is 74.3 Å². The molecule has 6 heteroatoms. The monoisotopic (exact) mass is 358 g/mol. The number of rotatable bonds is 7. The van der Waals surface area contributed by atoms with Gasteiger partial charge in [0.1, 0.15) is 0 Å². The molecule has 2 heterocycles. The van der Waals surface area contributed by atoms with Crippen LogP contribution >= 0.6 is 0 Å². The first kappa shape index (κ1) is 17.0. The largest absolute Gasteiger partial charge is 0.368 e. The average Bonchev–Trinajstić information content (AvgIpc) is 3.11. The zero-order chi connectivity index (χ0) is 18.5. The fraction of sp³-hybridized carbons (Fsp3) is 0.190. The number of nitrogens with zero attached hydrogens (tertiary/aromatic N) is 3. The highest BCUT2D eigenvalue weighted by atomic mass is 15.3. The SMILES string of the molecule is Cc1ccccc1CNc1nncc(NCCc2c[nH]c3ccccc23)n1. The van der Waals surface area contributed by atoms with E-state index in [0.29, 0.717) is 12.5 Å². The lowest BCUT2D eigenvalue weighted by Gasteiger charge is -2.09. The Bertz CT molecular complexity index is 1040. The highest BCUT2D eigenvalue weighted by molar-refractivity contribution is 5.83. The zero-order valence-corrected chi connectivity index (χ0v) is 15.2. The normalized spacial score (nSPS) is 10.9. The molecule has 0 atom stereocenters. The van der Waals surface area contributed by atoms with Crippen LogP contribution in [0.3, 0.4) is 0 Å². The average molecular weight is 358 g/mol. The minimum Gasteiger partial charge on any atom is -0.368 e. The minimum atomic E-state index is 0.523. The van der Waals surface area contributed by atoms with E-state index < -0.39 is 0 Å². The van der Waals surface area contributed by atoms with Gasteiger partial charge in [0.15, 0.2) is 5.82 Å². The zero-order valence-electron chi connectivity index (χ0n) is 15.2. The number of hydrogen-bond acceptors (Lipinski definition) is 5. The molecular weight excluding hydrogens is 336 g/mol. The summed E-state index contributed by atoms with van der Waals surface area (Å²) in [6.45, 7) is 3.55. The van der Waals surface area contributed by atoms with Crippen molar-refractivity contribution in [3.8, 4) is 0 Å². The predicted octanol–water partition coefficient (Wildman–Crippen LogP) is 3.93. The number of aromatic amines is 1. The van der Waals surface area contributed by atoms with E-state index in [1.54, 1.807) is 6.20 Å². The molecule has 0 aliphatic rings. The third kappa shape index (κ3) is 4.06. The lowest BCUT2D eigenvalue weighted by atomic mass is 10.1. The number of benzene rings is 2. The van der Waals surface area contributed by atoms with Gasteiger partial charge in [0.2, 0.25) is 5.95 Å². The van der Waals surface area contributed by atoms with Gasteiger partial charge in [-0.3, -0.25) is 0 Å². The fourth-order valence-electron chi connectivity index (χ4n) is 3.11. The van der Waals surface area contributed by atoms with Crippen LogP contribution in [0.2, 0.25) is 0 Å². The van der Waals surface area contributed by atoms with Crippen LogP contribution in [0, 0.1) is 6.92 Å². The first-order chi connectivity index (χ1) is 13.3. The number of anilines is 2.